The Morgan fingerprint density at radius 3 is 2.36 bits per heavy atom. The Bertz CT molecular complexity index is 1160. The highest BCUT2D eigenvalue weighted by Gasteiger charge is 2.40. The monoisotopic (exact) mass is 491 g/mol. The molecule has 0 spiro atoms. The highest BCUT2D eigenvalue weighted by atomic mass is 32.2. The number of rotatable bonds is 8. The van der Waals surface area contributed by atoms with Gasteiger partial charge in [-0.3, -0.25) is 14.9 Å². The Morgan fingerprint density at radius 1 is 1.21 bits per heavy atom. The number of ether oxygens (including phenoxy) is 1. The van der Waals surface area contributed by atoms with Gasteiger partial charge in [-0.2, -0.15) is 13.2 Å². The van der Waals surface area contributed by atoms with Crippen LogP contribution in [0.4, 0.5) is 18.9 Å². The molecular weight excluding hydrogens is 471 g/mol. The highest BCUT2D eigenvalue weighted by Crippen LogP contribution is 2.40. The number of nitrogens with one attached hydrogen (secondary N) is 2. The molecule has 0 radical (unpaired) electrons. The van der Waals surface area contributed by atoms with Crippen molar-refractivity contribution in [2.45, 2.75) is 25.9 Å². The molecule has 1 unspecified atom stereocenters. The largest absolute Gasteiger partial charge is 0.453 e. The number of carbonyl (C=O) groups is 2. The molecule has 0 saturated carbocycles. The summed E-state index contributed by atoms with van der Waals surface area (Å²) < 4.78 is 68.1. The van der Waals surface area contributed by atoms with E-state index in [2.05, 4.69) is 10.1 Å². The number of nitrogens with zero attached hydrogens (tertiary/aromatic N) is 1. The number of halogens is 3. The van der Waals surface area contributed by atoms with E-state index in [1.807, 2.05) is 4.72 Å². The van der Waals surface area contributed by atoms with Crippen molar-refractivity contribution in [2.24, 2.45) is 0 Å². The van der Waals surface area contributed by atoms with Crippen molar-refractivity contribution in [3.8, 4) is 0 Å². The molecule has 180 valence electrons. The molecule has 0 amide bonds. The number of ketones is 1. The summed E-state index contributed by atoms with van der Waals surface area (Å²) in [5.41, 5.74) is -0.862. The number of hydrogen-bond acceptors (Lipinski definition) is 8. The van der Waals surface area contributed by atoms with Crippen LogP contribution in [0.25, 0.3) is 0 Å². The minimum atomic E-state index is -4.82. The van der Waals surface area contributed by atoms with Crippen LogP contribution in [0.1, 0.15) is 25.3 Å². The third-order valence-electron chi connectivity index (χ3n) is 4.69. The molecule has 1 aliphatic heterocycles. The maximum atomic E-state index is 13.0. The van der Waals surface area contributed by atoms with Gasteiger partial charge < -0.3 is 10.1 Å². The maximum absolute atomic E-state index is 13.0. The third-order valence-corrected chi connectivity index (χ3v) is 5.96. The fourth-order valence-corrected chi connectivity index (χ4v) is 3.98. The summed E-state index contributed by atoms with van der Waals surface area (Å²) in [5.74, 6) is -4.80. The van der Waals surface area contributed by atoms with Gasteiger partial charge in [0, 0.05) is 35.0 Å². The number of alkyl halides is 3. The normalized spacial score (nSPS) is 17.0. The van der Waals surface area contributed by atoms with Crippen LogP contribution < -0.4 is 10.0 Å². The molecule has 0 bridgehead atoms. The first-order valence-corrected chi connectivity index (χ1v) is 10.9. The zero-order chi connectivity index (χ0) is 25.1. The molecular formula is C19H20F3N3O7S. The number of carbonyl (C=O) groups excluding carboxylic acids is 2. The van der Waals surface area contributed by atoms with Crippen LogP contribution in [-0.4, -0.2) is 50.7 Å². The summed E-state index contributed by atoms with van der Waals surface area (Å²) in [7, 11) is -2.96. The molecule has 0 aromatic heterocycles. The van der Waals surface area contributed by atoms with E-state index in [0.29, 0.717) is 0 Å². The van der Waals surface area contributed by atoms with Crippen LogP contribution in [0.3, 0.4) is 0 Å². The van der Waals surface area contributed by atoms with Gasteiger partial charge in [-0.1, -0.05) is 12.1 Å². The first-order chi connectivity index (χ1) is 15.2. The Kier molecular flexibility index (Phi) is 7.64. The van der Waals surface area contributed by atoms with Gasteiger partial charge in [0.2, 0.25) is 10.0 Å². The quantitative estimate of drug-likeness (QED) is 0.319. The first kappa shape index (κ1) is 26.0. The van der Waals surface area contributed by atoms with Crippen LogP contribution in [0.2, 0.25) is 0 Å². The average Bonchev–Trinajstić information content (AvgIpc) is 2.70. The topological polar surface area (TPSA) is 145 Å². The molecule has 10 nitrogen and oxygen atoms in total. The van der Waals surface area contributed by atoms with Crippen LogP contribution in [0.15, 0.2) is 46.8 Å². The summed E-state index contributed by atoms with van der Waals surface area (Å²) in [6.45, 7) is 0.860. The molecule has 2 N–H and O–H groups in total. The predicted molar refractivity (Wildman–Crippen MR) is 109 cm³/mol. The molecule has 1 heterocycles. The zero-order valence-electron chi connectivity index (χ0n) is 17.6. The van der Waals surface area contributed by atoms with Crippen LogP contribution >= 0.6 is 0 Å². The van der Waals surface area contributed by atoms with E-state index in [4.69, 9.17) is 0 Å². The number of non-ortho nitro benzene ring substituents is 1. The number of Topliss-reactive ketones (excluding diaryl/α,β-unsaturated/α-hetero) is 1. The summed E-state index contributed by atoms with van der Waals surface area (Å²) in [6.07, 6.45) is -4.82. The van der Waals surface area contributed by atoms with Gasteiger partial charge >= 0.3 is 12.1 Å². The molecule has 14 heteroatoms. The third kappa shape index (κ3) is 6.38. The van der Waals surface area contributed by atoms with Gasteiger partial charge in [-0.15, -0.1) is 0 Å². The summed E-state index contributed by atoms with van der Waals surface area (Å²) in [5, 5.41) is 13.9. The van der Waals surface area contributed by atoms with Crippen molar-refractivity contribution in [2.75, 3.05) is 19.4 Å². The zero-order valence-corrected chi connectivity index (χ0v) is 18.5. The van der Waals surface area contributed by atoms with Crippen molar-refractivity contribution in [1.82, 2.24) is 10.0 Å². The van der Waals surface area contributed by atoms with Gasteiger partial charge in [0.05, 0.1) is 10.5 Å². The lowest BCUT2D eigenvalue weighted by atomic mass is 9.79. The van der Waals surface area contributed by atoms with E-state index in [9.17, 15) is 41.3 Å². The number of hydrogen-bond donors (Lipinski definition) is 2. The fraction of sp³-hybridized carbons (Fsp3) is 0.368. The second kappa shape index (κ2) is 9.70. The summed E-state index contributed by atoms with van der Waals surface area (Å²) >= 11 is 0. The minimum Gasteiger partial charge on any atom is -0.453 e. The van der Waals surface area contributed by atoms with Crippen molar-refractivity contribution in [3.63, 3.8) is 0 Å². The number of benzene rings is 1. The Hall–Kier alpha value is -3.26. The Morgan fingerprint density at radius 2 is 1.82 bits per heavy atom. The first-order valence-electron chi connectivity index (χ1n) is 9.28. The highest BCUT2D eigenvalue weighted by molar-refractivity contribution is 7.90. The van der Waals surface area contributed by atoms with Crippen molar-refractivity contribution in [3.05, 3.63) is 62.5 Å². The van der Waals surface area contributed by atoms with Gasteiger partial charge in [0.25, 0.3) is 5.69 Å². The fourth-order valence-electron chi connectivity index (χ4n) is 3.33. The van der Waals surface area contributed by atoms with E-state index in [1.54, 1.807) is 0 Å². The van der Waals surface area contributed by atoms with Crippen molar-refractivity contribution < 1.29 is 40.8 Å². The second-order valence-corrected chi connectivity index (χ2v) is 8.99. The van der Waals surface area contributed by atoms with Gasteiger partial charge in [-0.05, 0) is 26.5 Å². The van der Waals surface area contributed by atoms with E-state index in [1.165, 1.54) is 26.0 Å². The molecule has 33 heavy (non-hydrogen) atoms. The number of esters is 1. The predicted octanol–water partition coefficient (Wildman–Crippen LogP) is 2.05. The lowest BCUT2D eigenvalue weighted by Gasteiger charge is -2.31. The van der Waals surface area contributed by atoms with E-state index < -0.39 is 62.4 Å². The minimum absolute atomic E-state index is 0.0218. The molecule has 1 aromatic rings. The molecule has 1 aliphatic rings. The van der Waals surface area contributed by atoms with Crippen LogP contribution in [-0.2, 0) is 24.3 Å². The van der Waals surface area contributed by atoms with E-state index >= 15 is 0 Å². The Labute approximate surface area is 186 Å². The molecule has 0 fully saturated rings. The number of dihydropyridines is 1. The molecule has 2 rings (SSSR count). The summed E-state index contributed by atoms with van der Waals surface area (Å²) in [4.78, 5) is 36.1. The molecule has 0 aliphatic carbocycles. The summed E-state index contributed by atoms with van der Waals surface area (Å²) in [6, 6.07) is 4.80. The molecule has 1 atom stereocenters. The molecule has 1 aromatic carbocycles. The number of allylic oxidation sites excluding steroid dienone is 3. The maximum Gasteiger partial charge on any atom is 0.422 e. The standard InChI is InChI=1S/C19H20F3N3O7S/c1-10-15(14(26)8-33(30,31)23-3)17(12-5-4-6-13(7-12)25(28)29)16(11(2)24-10)18(27)32-9-19(20,21)22/h4-7,17,23-24H,8-9H2,1-3H3. The van der Waals surface area contributed by atoms with Crippen LogP contribution in [0.5, 0.6) is 0 Å². The van der Waals surface area contributed by atoms with Crippen LogP contribution in [0, 0.1) is 10.1 Å². The van der Waals surface area contributed by atoms with Gasteiger partial charge in [0.15, 0.2) is 12.4 Å². The lowest BCUT2D eigenvalue weighted by molar-refractivity contribution is -0.384. The van der Waals surface area contributed by atoms with Gasteiger partial charge in [0.1, 0.15) is 5.75 Å². The number of nitro groups is 1. The lowest BCUT2D eigenvalue weighted by Crippen LogP contribution is -2.36. The second-order valence-electron chi connectivity index (χ2n) is 7.07. The van der Waals surface area contributed by atoms with Crippen molar-refractivity contribution in [1.29, 1.82) is 0 Å². The number of sulfonamides is 1. The smallest absolute Gasteiger partial charge is 0.422 e. The van der Waals surface area contributed by atoms with Gasteiger partial charge in [-0.25, -0.2) is 17.9 Å². The SMILES string of the molecule is CNS(=O)(=O)CC(=O)C1=C(C)NC(C)=C(C(=O)OCC(F)(F)F)C1c1cccc([N+](=O)[O-])c1. The molecule has 0 saturated heterocycles. The Balaban J connectivity index is 2.67. The van der Waals surface area contributed by atoms with E-state index in [-0.39, 0.29) is 22.5 Å². The average molecular weight is 491 g/mol. The number of nitro benzene ring substituents is 1. The van der Waals surface area contributed by atoms with Crippen molar-refractivity contribution >= 4 is 27.5 Å². The van der Waals surface area contributed by atoms with E-state index in [0.717, 1.165) is 19.2 Å².